The molecular weight excluding hydrogens is 345 g/mol. The van der Waals surface area contributed by atoms with Crippen LogP contribution in [0.25, 0.3) is 0 Å². The van der Waals surface area contributed by atoms with E-state index in [1.165, 1.54) is 6.33 Å². The van der Waals surface area contributed by atoms with Crippen LogP contribution in [0.15, 0.2) is 61.2 Å². The average Bonchev–Trinajstić information content (AvgIpc) is 3.03. The van der Waals surface area contributed by atoms with Crippen LogP contribution >= 0.6 is 23.2 Å². The smallest absolute Gasteiger partial charge is 0.137 e. The molecule has 0 bridgehead atoms. The van der Waals surface area contributed by atoms with Gasteiger partial charge >= 0.3 is 0 Å². The molecule has 2 aromatic carbocycles. The standard InChI is InChI=1S/C18H17Cl2N3O/c19-16-7-6-15(17(20)8-16)10-18(24,11-23-13-21-12-22-23)9-14-4-2-1-3-5-14/h1-8,12-13,24H,9-11H2. The molecule has 0 saturated heterocycles. The molecule has 0 amide bonds. The molecule has 3 aromatic rings. The molecular formula is C18H17Cl2N3O. The first-order chi connectivity index (χ1) is 11.5. The average molecular weight is 362 g/mol. The third-order valence-corrected chi connectivity index (χ3v) is 4.42. The summed E-state index contributed by atoms with van der Waals surface area (Å²) < 4.78 is 1.63. The van der Waals surface area contributed by atoms with Crippen LogP contribution in [0.3, 0.4) is 0 Å². The number of aliphatic hydroxyl groups is 1. The zero-order chi connectivity index (χ0) is 17.0. The monoisotopic (exact) mass is 361 g/mol. The first-order valence-corrected chi connectivity index (χ1v) is 8.32. The summed E-state index contributed by atoms with van der Waals surface area (Å²) >= 11 is 12.3. The van der Waals surface area contributed by atoms with Gasteiger partial charge in [-0.3, -0.25) is 4.68 Å². The fraction of sp³-hybridized carbons (Fsp3) is 0.222. The van der Waals surface area contributed by atoms with Gasteiger partial charge in [-0.25, -0.2) is 4.98 Å². The van der Waals surface area contributed by atoms with E-state index in [0.29, 0.717) is 29.4 Å². The molecule has 0 aliphatic heterocycles. The predicted molar refractivity (Wildman–Crippen MR) is 95.3 cm³/mol. The molecule has 1 N–H and O–H groups in total. The van der Waals surface area contributed by atoms with Crippen molar-refractivity contribution in [3.63, 3.8) is 0 Å². The maximum atomic E-state index is 11.3. The summed E-state index contributed by atoms with van der Waals surface area (Å²) in [6, 6.07) is 15.2. The van der Waals surface area contributed by atoms with Gasteiger partial charge in [-0.1, -0.05) is 59.6 Å². The summed E-state index contributed by atoms with van der Waals surface area (Å²) in [5.41, 5.74) is 0.844. The Kier molecular flexibility index (Phi) is 5.19. The predicted octanol–water partition coefficient (Wildman–Crippen LogP) is 3.80. The Balaban J connectivity index is 1.88. The Hall–Kier alpha value is -1.88. The number of halogens is 2. The van der Waals surface area contributed by atoms with Crippen molar-refractivity contribution in [2.24, 2.45) is 0 Å². The summed E-state index contributed by atoms with van der Waals surface area (Å²) in [5.74, 6) is 0. The van der Waals surface area contributed by atoms with Gasteiger partial charge < -0.3 is 5.11 Å². The Bertz CT molecular complexity index is 793. The summed E-state index contributed by atoms with van der Waals surface area (Å²) in [6.07, 6.45) is 3.92. The van der Waals surface area contributed by atoms with Crippen LogP contribution in [-0.4, -0.2) is 25.5 Å². The zero-order valence-electron chi connectivity index (χ0n) is 12.9. The summed E-state index contributed by atoms with van der Waals surface area (Å²) in [5, 5.41) is 16.5. The highest BCUT2D eigenvalue weighted by molar-refractivity contribution is 6.35. The largest absolute Gasteiger partial charge is 0.387 e. The Labute approximate surface area is 150 Å². The lowest BCUT2D eigenvalue weighted by atomic mass is 9.88. The quantitative estimate of drug-likeness (QED) is 0.726. The van der Waals surface area contributed by atoms with Crippen molar-refractivity contribution in [2.45, 2.75) is 25.0 Å². The van der Waals surface area contributed by atoms with Crippen LogP contribution < -0.4 is 0 Å². The minimum absolute atomic E-state index is 0.320. The second-order valence-corrected chi connectivity index (χ2v) is 6.74. The van der Waals surface area contributed by atoms with E-state index in [1.54, 1.807) is 23.1 Å². The minimum Gasteiger partial charge on any atom is -0.387 e. The molecule has 1 aromatic heterocycles. The number of hydrogen-bond acceptors (Lipinski definition) is 3. The van der Waals surface area contributed by atoms with E-state index in [1.807, 2.05) is 36.4 Å². The molecule has 0 spiro atoms. The highest BCUT2D eigenvalue weighted by Crippen LogP contribution is 2.27. The van der Waals surface area contributed by atoms with Crippen LogP contribution in [-0.2, 0) is 19.4 Å². The molecule has 0 fully saturated rings. The second-order valence-electron chi connectivity index (χ2n) is 5.89. The highest BCUT2D eigenvalue weighted by atomic mass is 35.5. The van der Waals surface area contributed by atoms with Gasteiger partial charge in [0.1, 0.15) is 12.7 Å². The van der Waals surface area contributed by atoms with Gasteiger partial charge in [-0.2, -0.15) is 5.10 Å². The Morgan fingerprint density at radius 1 is 1.04 bits per heavy atom. The summed E-state index contributed by atoms with van der Waals surface area (Å²) in [6.45, 7) is 0.320. The van der Waals surface area contributed by atoms with Crippen LogP contribution in [0, 0.1) is 0 Å². The number of benzene rings is 2. The summed E-state index contributed by atoms with van der Waals surface area (Å²) in [7, 11) is 0. The van der Waals surface area contributed by atoms with E-state index in [0.717, 1.165) is 11.1 Å². The number of hydrogen-bond donors (Lipinski definition) is 1. The van der Waals surface area contributed by atoms with Gasteiger partial charge in [0, 0.05) is 22.9 Å². The number of aromatic nitrogens is 3. The lowest BCUT2D eigenvalue weighted by Crippen LogP contribution is -2.39. The normalized spacial score (nSPS) is 13.6. The van der Waals surface area contributed by atoms with Gasteiger partial charge in [0.2, 0.25) is 0 Å². The van der Waals surface area contributed by atoms with Crippen molar-refractivity contribution < 1.29 is 5.11 Å². The minimum atomic E-state index is -1.05. The molecule has 24 heavy (non-hydrogen) atoms. The van der Waals surface area contributed by atoms with E-state index >= 15 is 0 Å². The van der Waals surface area contributed by atoms with E-state index in [-0.39, 0.29) is 0 Å². The molecule has 1 unspecified atom stereocenters. The first kappa shape index (κ1) is 17.0. The zero-order valence-corrected chi connectivity index (χ0v) is 14.5. The fourth-order valence-electron chi connectivity index (χ4n) is 2.79. The third-order valence-electron chi connectivity index (χ3n) is 3.83. The van der Waals surface area contributed by atoms with Gasteiger partial charge in [0.15, 0.2) is 0 Å². The van der Waals surface area contributed by atoms with Crippen molar-refractivity contribution >= 4 is 23.2 Å². The van der Waals surface area contributed by atoms with Crippen molar-refractivity contribution in [1.82, 2.24) is 14.8 Å². The van der Waals surface area contributed by atoms with Gasteiger partial charge in [0.25, 0.3) is 0 Å². The van der Waals surface area contributed by atoms with E-state index in [9.17, 15) is 5.11 Å². The van der Waals surface area contributed by atoms with Crippen LogP contribution in [0.2, 0.25) is 10.0 Å². The van der Waals surface area contributed by atoms with E-state index < -0.39 is 5.60 Å². The molecule has 6 heteroatoms. The Morgan fingerprint density at radius 3 is 2.50 bits per heavy atom. The molecule has 1 atom stereocenters. The lowest BCUT2D eigenvalue weighted by Gasteiger charge is -2.29. The molecule has 1 heterocycles. The highest BCUT2D eigenvalue weighted by Gasteiger charge is 2.30. The maximum absolute atomic E-state index is 11.3. The fourth-order valence-corrected chi connectivity index (χ4v) is 3.26. The van der Waals surface area contributed by atoms with Crippen molar-refractivity contribution in [1.29, 1.82) is 0 Å². The van der Waals surface area contributed by atoms with Crippen LogP contribution in [0.1, 0.15) is 11.1 Å². The first-order valence-electron chi connectivity index (χ1n) is 7.57. The van der Waals surface area contributed by atoms with Gasteiger partial charge in [-0.15, -0.1) is 0 Å². The SMILES string of the molecule is OC(Cc1ccccc1)(Cc1ccc(Cl)cc1Cl)Cn1cncn1. The Morgan fingerprint density at radius 2 is 1.83 bits per heavy atom. The van der Waals surface area contributed by atoms with Crippen LogP contribution in [0.5, 0.6) is 0 Å². The van der Waals surface area contributed by atoms with Crippen LogP contribution in [0.4, 0.5) is 0 Å². The molecule has 0 aliphatic carbocycles. The molecule has 0 radical (unpaired) electrons. The molecule has 124 valence electrons. The van der Waals surface area contributed by atoms with E-state index in [2.05, 4.69) is 10.1 Å². The second kappa shape index (κ2) is 7.34. The topological polar surface area (TPSA) is 50.9 Å². The summed E-state index contributed by atoms with van der Waals surface area (Å²) in [4.78, 5) is 3.95. The molecule has 4 nitrogen and oxygen atoms in total. The molecule has 0 aliphatic rings. The van der Waals surface area contributed by atoms with Gasteiger partial charge in [-0.05, 0) is 23.3 Å². The lowest BCUT2D eigenvalue weighted by molar-refractivity contribution is 0.0198. The van der Waals surface area contributed by atoms with Crippen molar-refractivity contribution in [3.05, 3.63) is 82.4 Å². The van der Waals surface area contributed by atoms with Crippen molar-refractivity contribution in [2.75, 3.05) is 0 Å². The number of nitrogens with zero attached hydrogens (tertiary/aromatic N) is 3. The van der Waals surface area contributed by atoms with Crippen molar-refractivity contribution in [3.8, 4) is 0 Å². The number of rotatable bonds is 6. The maximum Gasteiger partial charge on any atom is 0.137 e. The molecule has 3 rings (SSSR count). The third kappa shape index (κ3) is 4.35. The molecule has 0 saturated carbocycles. The van der Waals surface area contributed by atoms with Gasteiger partial charge in [0.05, 0.1) is 12.1 Å². The van der Waals surface area contributed by atoms with E-state index in [4.69, 9.17) is 23.2 Å².